The highest BCUT2D eigenvalue weighted by atomic mass is 16.5. The van der Waals surface area contributed by atoms with Gasteiger partial charge in [-0.3, -0.25) is 4.79 Å². The van der Waals surface area contributed by atoms with Crippen LogP contribution in [0.2, 0.25) is 0 Å². The van der Waals surface area contributed by atoms with E-state index >= 15 is 0 Å². The third kappa shape index (κ3) is 2.98. The summed E-state index contributed by atoms with van der Waals surface area (Å²) in [5.74, 6) is -0.822. The molecule has 1 saturated carbocycles. The van der Waals surface area contributed by atoms with E-state index in [2.05, 4.69) is 10.5 Å². The number of carbonyl (C=O) groups is 2. The third-order valence-corrected chi connectivity index (χ3v) is 5.26. The maximum Gasteiger partial charge on any atom is 0.328 e. The molecule has 0 spiro atoms. The van der Waals surface area contributed by atoms with Crippen LogP contribution in [0.4, 0.5) is 0 Å². The molecular formula is C21H20N2O5. The van der Waals surface area contributed by atoms with E-state index in [9.17, 15) is 14.8 Å². The van der Waals surface area contributed by atoms with Gasteiger partial charge in [0, 0.05) is 18.4 Å². The molecule has 1 fully saturated rings. The Morgan fingerprint density at radius 3 is 2.68 bits per heavy atom. The van der Waals surface area contributed by atoms with E-state index in [4.69, 9.17) is 9.47 Å². The molecule has 28 heavy (non-hydrogen) atoms. The first-order valence-electron chi connectivity index (χ1n) is 9.02. The Balaban J connectivity index is 1.56. The fourth-order valence-corrected chi connectivity index (χ4v) is 3.71. The number of nitrogens with one attached hydrogen (secondary N) is 1. The van der Waals surface area contributed by atoms with Crippen molar-refractivity contribution in [3.8, 4) is 5.75 Å². The number of benzene rings is 2. The lowest BCUT2D eigenvalue weighted by Gasteiger charge is -2.27. The molecule has 7 nitrogen and oxygen atoms in total. The normalized spacial score (nSPS) is 24.3. The number of methoxy groups -OCH3 is 1. The van der Waals surface area contributed by atoms with Crippen LogP contribution < -0.4 is 10.1 Å². The first-order valence-corrected chi connectivity index (χ1v) is 9.02. The number of hydrogen-bond acceptors (Lipinski definition) is 6. The Hall–Kier alpha value is -3.35. The Morgan fingerprint density at radius 2 is 1.96 bits per heavy atom. The average molecular weight is 380 g/mol. The lowest BCUT2D eigenvalue weighted by atomic mass is 9.99. The molecule has 1 aliphatic carbocycles. The summed E-state index contributed by atoms with van der Waals surface area (Å²) in [6.07, 6.45) is 0.684. The van der Waals surface area contributed by atoms with Gasteiger partial charge in [-0.15, -0.1) is 0 Å². The zero-order valence-corrected chi connectivity index (χ0v) is 15.3. The summed E-state index contributed by atoms with van der Waals surface area (Å²) in [5, 5.41) is 15.6. The molecule has 0 radical (unpaired) electrons. The zero-order chi connectivity index (χ0) is 19.7. The van der Waals surface area contributed by atoms with Crippen molar-refractivity contribution in [2.24, 2.45) is 11.1 Å². The van der Waals surface area contributed by atoms with Crippen molar-refractivity contribution in [2.75, 3.05) is 7.11 Å². The van der Waals surface area contributed by atoms with Gasteiger partial charge in [-0.25, -0.2) is 4.79 Å². The van der Waals surface area contributed by atoms with Crippen molar-refractivity contribution in [3.63, 3.8) is 0 Å². The highest BCUT2D eigenvalue weighted by Gasteiger charge is 2.68. The SMILES string of the molecule is COC(=O)[C@@H](Cc1ccccc1)NC(=O)[C@@]12C[C@@H]1/C(=N/O)c1ccccc1O2. The first kappa shape index (κ1) is 18.0. The molecule has 144 valence electrons. The van der Waals surface area contributed by atoms with E-state index in [-0.39, 0.29) is 5.92 Å². The van der Waals surface area contributed by atoms with Crippen LogP contribution in [-0.4, -0.2) is 41.5 Å². The summed E-state index contributed by atoms with van der Waals surface area (Å²) in [6.45, 7) is 0. The smallest absolute Gasteiger partial charge is 0.328 e. The molecule has 0 unspecified atom stereocenters. The molecule has 2 aliphatic rings. The lowest BCUT2D eigenvalue weighted by molar-refractivity contribution is -0.146. The van der Waals surface area contributed by atoms with E-state index in [1.54, 1.807) is 18.2 Å². The van der Waals surface area contributed by atoms with Gasteiger partial charge in [0.2, 0.25) is 0 Å². The number of carbonyl (C=O) groups excluding carboxylic acids is 2. The third-order valence-electron chi connectivity index (χ3n) is 5.26. The van der Waals surface area contributed by atoms with E-state index < -0.39 is 23.5 Å². The molecular weight excluding hydrogens is 360 g/mol. The molecule has 2 N–H and O–H groups in total. The lowest BCUT2D eigenvalue weighted by Crippen LogP contribution is -2.52. The van der Waals surface area contributed by atoms with Crippen molar-refractivity contribution < 1.29 is 24.3 Å². The molecule has 0 aromatic heterocycles. The predicted octanol–water partition coefficient (Wildman–Crippen LogP) is 1.92. The summed E-state index contributed by atoms with van der Waals surface area (Å²) in [7, 11) is 1.29. The van der Waals surface area contributed by atoms with Crippen LogP contribution in [0.5, 0.6) is 5.75 Å². The molecule has 0 saturated heterocycles. The number of amides is 1. The van der Waals surface area contributed by atoms with Crippen LogP contribution in [0.3, 0.4) is 0 Å². The molecule has 1 aliphatic heterocycles. The summed E-state index contributed by atoms with van der Waals surface area (Å²) in [4.78, 5) is 25.3. The van der Waals surface area contributed by atoms with Crippen LogP contribution in [0.25, 0.3) is 0 Å². The maximum absolute atomic E-state index is 13.1. The Labute approximate surface area is 162 Å². The molecule has 1 heterocycles. The minimum atomic E-state index is -1.17. The maximum atomic E-state index is 13.1. The van der Waals surface area contributed by atoms with Gasteiger partial charge in [0.05, 0.1) is 18.7 Å². The zero-order valence-electron chi connectivity index (χ0n) is 15.3. The molecule has 2 aromatic carbocycles. The summed E-state index contributed by atoms with van der Waals surface area (Å²) in [6, 6.07) is 15.7. The van der Waals surface area contributed by atoms with Gasteiger partial charge in [0.1, 0.15) is 11.8 Å². The van der Waals surface area contributed by atoms with Gasteiger partial charge in [-0.05, 0) is 17.7 Å². The highest BCUT2D eigenvalue weighted by molar-refractivity contribution is 6.13. The van der Waals surface area contributed by atoms with Gasteiger partial charge in [-0.1, -0.05) is 47.6 Å². The second-order valence-corrected chi connectivity index (χ2v) is 6.97. The number of ether oxygens (including phenoxy) is 2. The summed E-state index contributed by atoms with van der Waals surface area (Å²) < 4.78 is 10.9. The standard InChI is InChI=1S/C21H20N2O5/c1-27-19(24)16(11-13-7-3-2-4-8-13)22-20(25)21-12-15(21)18(23-26)14-9-5-6-10-17(14)28-21/h2-10,15-16,26H,11-12H2,1H3,(H,22,25)/b23-18+/t15-,16-,21-/m1/s1. The van der Waals surface area contributed by atoms with Crippen molar-refractivity contribution in [1.29, 1.82) is 0 Å². The van der Waals surface area contributed by atoms with E-state index in [0.29, 0.717) is 29.9 Å². The van der Waals surface area contributed by atoms with Crippen molar-refractivity contribution >= 4 is 17.6 Å². The minimum Gasteiger partial charge on any atom is -0.476 e. The Bertz CT molecular complexity index is 943. The highest BCUT2D eigenvalue weighted by Crippen LogP contribution is 2.54. The second-order valence-electron chi connectivity index (χ2n) is 6.97. The van der Waals surface area contributed by atoms with Gasteiger partial charge >= 0.3 is 5.97 Å². The molecule has 3 atom stereocenters. The molecule has 7 heteroatoms. The Morgan fingerprint density at radius 1 is 1.25 bits per heavy atom. The van der Waals surface area contributed by atoms with Crippen LogP contribution >= 0.6 is 0 Å². The van der Waals surface area contributed by atoms with Crippen LogP contribution in [0, 0.1) is 5.92 Å². The van der Waals surface area contributed by atoms with E-state index in [0.717, 1.165) is 5.56 Å². The quantitative estimate of drug-likeness (QED) is 0.469. The second kappa shape index (κ2) is 6.99. The number of para-hydroxylation sites is 1. The van der Waals surface area contributed by atoms with Crippen molar-refractivity contribution in [3.05, 3.63) is 65.7 Å². The Kier molecular flexibility index (Phi) is 4.50. The van der Waals surface area contributed by atoms with Crippen LogP contribution in [0.15, 0.2) is 59.8 Å². The number of rotatable bonds is 5. The van der Waals surface area contributed by atoms with Crippen LogP contribution in [0.1, 0.15) is 17.5 Å². The number of fused-ring (bicyclic) bond motifs is 2. The molecule has 2 aromatic rings. The predicted molar refractivity (Wildman–Crippen MR) is 100 cm³/mol. The van der Waals surface area contributed by atoms with E-state index in [1.807, 2.05) is 36.4 Å². The van der Waals surface area contributed by atoms with Crippen molar-refractivity contribution in [2.45, 2.75) is 24.5 Å². The summed E-state index contributed by atoms with van der Waals surface area (Å²) in [5.41, 5.74) is 0.828. The molecule has 1 amide bonds. The molecule has 0 bridgehead atoms. The first-order chi connectivity index (χ1) is 13.6. The number of nitrogens with zero attached hydrogens (tertiary/aromatic N) is 1. The van der Waals surface area contributed by atoms with Gasteiger partial charge in [0.25, 0.3) is 5.91 Å². The minimum absolute atomic E-state index is 0.303. The van der Waals surface area contributed by atoms with Crippen molar-refractivity contribution in [1.82, 2.24) is 5.32 Å². The number of oxime groups is 1. The summed E-state index contributed by atoms with van der Waals surface area (Å²) >= 11 is 0. The topological polar surface area (TPSA) is 97.2 Å². The van der Waals surface area contributed by atoms with Gasteiger partial charge in [-0.2, -0.15) is 0 Å². The van der Waals surface area contributed by atoms with Crippen LogP contribution in [-0.2, 0) is 20.7 Å². The fraction of sp³-hybridized carbons (Fsp3) is 0.286. The molecule has 4 rings (SSSR count). The largest absolute Gasteiger partial charge is 0.476 e. The number of esters is 1. The van der Waals surface area contributed by atoms with E-state index in [1.165, 1.54) is 7.11 Å². The fourth-order valence-electron chi connectivity index (χ4n) is 3.71. The van der Waals surface area contributed by atoms with Gasteiger partial charge < -0.3 is 20.0 Å². The number of hydrogen-bond donors (Lipinski definition) is 2. The monoisotopic (exact) mass is 380 g/mol. The average Bonchev–Trinajstić information content (AvgIpc) is 3.47. The van der Waals surface area contributed by atoms with Gasteiger partial charge in [0.15, 0.2) is 5.60 Å².